The van der Waals surface area contributed by atoms with Crippen LogP contribution in [0.3, 0.4) is 0 Å². The highest BCUT2D eigenvalue weighted by Crippen LogP contribution is 2.38. The summed E-state index contributed by atoms with van der Waals surface area (Å²) in [4.78, 5) is 5.02. The SMILES string of the molecule is COc1cc(CSC2=N[C@H](c3ccccc3)[C@H](c3ccccc3)N2)cc(OC)c1. The van der Waals surface area contributed by atoms with Gasteiger partial charge in [-0.1, -0.05) is 72.4 Å². The Balaban J connectivity index is 1.55. The van der Waals surface area contributed by atoms with Crippen molar-refractivity contribution >= 4 is 16.9 Å². The minimum absolute atomic E-state index is 0.0564. The summed E-state index contributed by atoms with van der Waals surface area (Å²) in [6, 6.07) is 27.1. The van der Waals surface area contributed by atoms with Gasteiger partial charge in [0.1, 0.15) is 17.5 Å². The van der Waals surface area contributed by atoms with E-state index >= 15 is 0 Å². The Bertz CT molecular complexity index is 954. The molecule has 5 heteroatoms. The van der Waals surface area contributed by atoms with Gasteiger partial charge in [-0.3, -0.25) is 4.99 Å². The van der Waals surface area contributed by atoms with Crippen molar-refractivity contribution in [1.29, 1.82) is 0 Å². The van der Waals surface area contributed by atoms with Gasteiger partial charge in [0.2, 0.25) is 0 Å². The van der Waals surface area contributed by atoms with Crippen LogP contribution >= 0.6 is 11.8 Å². The van der Waals surface area contributed by atoms with Crippen molar-refractivity contribution in [3.05, 3.63) is 95.6 Å². The van der Waals surface area contributed by atoms with Gasteiger partial charge in [-0.05, 0) is 28.8 Å². The van der Waals surface area contributed by atoms with E-state index in [2.05, 4.69) is 53.8 Å². The van der Waals surface area contributed by atoms with Crippen molar-refractivity contribution in [3.8, 4) is 11.5 Å². The summed E-state index contributed by atoms with van der Waals surface area (Å²) < 4.78 is 10.8. The molecule has 0 aromatic heterocycles. The van der Waals surface area contributed by atoms with Crippen molar-refractivity contribution < 1.29 is 9.47 Å². The van der Waals surface area contributed by atoms with E-state index in [1.165, 1.54) is 11.1 Å². The number of amidine groups is 1. The zero-order chi connectivity index (χ0) is 20.1. The van der Waals surface area contributed by atoms with Crippen LogP contribution in [-0.2, 0) is 5.75 Å². The normalized spacial score (nSPS) is 18.1. The van der Waals surface area contributed by atoms with Crippen LogP contribution in [0.25, 0.3) is 0 Å². The summed E-state index contributed by atoms with van der Waals surface area (Å²) in [5, 5.41) is 4.59. The van der Waals surface area contributed by atoms with Crippen molar-refractivity contribution in [3.63, 3.8) is 0 Å². The Labute approximate surface area is 176 Å². The predicted octanol–water partition coefficient (Wildman–Crippen LogP) is 5.38. The van der Waals surface area contributed by atoms with Crippen molar-refractivity contribution in [2.75, 3.05) is 14.2 Å². The lowest BCUT2D eigenvalue weighted by Crippen LogP contribution is -2.22. The van der Waals surface area contributed by atoms with Gasteiger partial charge >= 0.3 is 0 Å². The van der Waals surface area contributed by atoms with Crippen LogP contribution in [0, 0.1) is 0 Å². The molecule has 0 bridgehead atoms. The largest absolute Gasteiger partial charge is 0.497 e. The van der Waals surface area contributed by atoms with E-state index in [0.717, 1.165) is 28.0 Å². The van der Waals surface area contributed by atoms with E-state index in [9.17, 15) is 0 Å². The second-order valence-electron chi connectivity index (χ2n) is 6.83. The van der Waals surface area contributed by atoms with Gasteiger partial charge in [0.15, 0.2) is 5.17 Å². The number of ether oxygens (including phenoxy) is 2. The smallest absolute Gasteiger partial charge is 0.158 e. The van der Waals surface area contributed by atoms with Gasteiger partial charge in [0, 0.05) is 11.8 Å². The van der Waals surface area contributed by atoms with Crippen LogP contribution in [0.5, 0.6) is 11.5 Å². The first-order chi connectivity index (χ1) is 14.3. The maximum absolute atomic E-state index is 5.38. The van der Waals surface area contributed by atoms with Gasteiger partial charge < -0.3 is 14.8 Å². The topological polar surface area (TPSA) is 42.8 Å². The third-order valence-electron chi connectivity index (χ3n) is 4.94. The highest BCUT2D eigenvalue weighted by molar-refractivity contribution is 8.13. The predicted molar refractivity (Wildman–Crippen MR) is 120 cm³/mol. The molecule has 1 aliphatic rings. The number of methoxy groups -OCH3 is 2. The molecule has 1 N–H and O–H groups in total. The van der Waals surface area contributed by atoms with Crippen molar-refractivity contribution in [1.82, 2.24) is 5.32 Å². The van der Waals surface area contributed by atoms with Crippen LogP contribution in [0.4, 0.5) is 0 Å². The molecule has 29 heavy (non-hydrogen) atoms. The molecule has 148 valence electrons. The van der Waals surface area contributed by atoms with E-state index in [4.69, 9.17) is 14.5 Å². The Morgan fingerprint density at radius 1 is 0.828 bits per heavy atom. The zero-order valence-corrected chi connectivity index (χ0v) is 17.4. The van der Waals surface area contributed by atoms with Gasteiger partial charge in [-0.2, -0.15) is 0 Å². The standard InChI is InChI=1S/C24H24N2O2S/c1-27-20-13-17(14-21(15-20)28-2)16-29-24-25-22(18-9-5-3-6-10-18)23(26-24)19-11-7-4-8-12-19/h3-15,22-23H,16H2,1-2H3,(H,25,26)/t22-,23+. The molecule has 0 unspecified atom stereocenters. The average molecular weight is 405 g/mol. The number of rotatable bonds is 6. The molecule has 0 saturated carbocycles. The van der Waals surface area contributed by atoms with Crippen molar-refractivity contribution in [2.24, 2.45) is 4.99 Å². The van der Waals surface area contributed by atoms with Crippen molar-refractivity contribution in [2.45, 2.75) is 17.8 Å². The first-order valence-corrected chi connectivity index (χ1v) is 10.5. The number of hydrogen-bond acceptors (Lipinski definition) is 5. The lowest BCUT2D eigenvalue weighted by atomic mass is 9.95. The summed E-state index contributed by atoms with van der Waals surface area (Å²) in [6.45, 7) is 0. The number of nitrogens with one attached hydrogen (secondary N) is 1. The minimum atomic E-state index is 0.0564. The summed E-state index contributed by atoms with van der Waals surface area (Å²) in [5.41, 5.74) is 3.59. The van der Waals surface area contributed by atoms with Gasteiger partial charge in [-0.25, -0.2) is 0 Å². The molecule has 0 fully saturated rings. The maximum atomic E-state index is 5.38. The molecule has 3 aromatic carbocycles. The third kappa shape index (κ3) is 4.57. The second kappa shape index (κ2) is 9.05. The molecule has 4 rings (SSSR count). The molecule has 4 nitrogen and oxygen atoms in total. The van der Waals surface area contributed by atoms with E-state index in [0.29, 0.717) is 0 Å². The molecular weight excluding hydrogens is 380 g/mol. The van der Waals surface area contributed by atoms with E-state index in [-0.39, 0.29) is 12.1 Å². The first-order valence-electron chi connectivity index (χ1n) is 9.56. The first kappa shape index (κ1) is 19.4. The second-order valence-corrected chi connectivity index (χ2v) is 7.80. The summed E-state index contributed by atoms with van der Waals surface area (Å²) >= 11 is 1.70. The fourth-order valence-corrected chi connectivity index (χ4v) is 4.34. The molecule has 1 aliphatic heterocycles. The number of hydrogen-bond donors (Lipinski definition) is 1. The molecule has 3 aromatic rings. The number of nitrogens with zero attached hydrogens (tertiary/aromatic N) is 1. The molecule has 0 radical (unpaired) electrons. The number of benzene rings is 3. The lowest BCUT2D eigenvalue weighted by molar-refractivity contribution is 0.393. The third-order valence-corrected chi connectivity index (χ3v) is 5.91. The molecule has 0 aliphatic carbocycles. The molecule has 1 heterocycles. The fraction of sp³-hybridized carbons (Fsp3) is 0.208. The highest BCUT2D eigenvalue weighted by Gasteiger charge is 2.31. The van der Waals surface area contributed by atoms with E-state index in [1.807, 2.05) is 30.3 Å². The molecule has 0 amide bonds. The molecular formula is C24H24N2O2S. The van der Waals surface area contributed by atoms with E-state index < -0.39 is 0 Å². The average Bonchev–Trinajstić information content (AvgIpc) is 3.23. The number of thioether (sulfide) groups is 1. The maximum Gasteiger partial charge on any atom is 0.158 e. The van der Waals surface area contributed by atoms with Crippen LogP contribution < -0.4 is 14.8 Å². The summed E-state index contributed by atoms with van der Waals surface area (Å²) in [5.74, 6) is 2.37. The summed E-state index contributed by atoms with van der Waals surface area (Å²) in [6.07, 6.45) is 0. The summed E-state index contributed by atoms with van der Waals surface area (Å²) in [7, 11) is 3.34. The zero-order valence-electron chi connectivity index (χ0n) is 16.5. The number of aliphatic imine (C=N–C) groups is 1. The van der Waals surface area contributed by atoms with Crippen LogP contribution in [0.2, 0.25) is 0 Å². The minimum Gasteiger partial charge on any atom is -0.497 e. The molecule has 2 atom stereocenters. The molecule has 0 spiro atoms. The van der Waals surface area contributed by atoms with Gasteiger partial charge in [0.05, 0.1) is 20.3 Å². The van der Waals surface area contributed by atoms with Crippen LogP contribution in [0.15, 0.2) is 83.9 Å². The monoisotopic (exact) mass is 404 g/mol. The Hall–Kier alpha value is -2.92. The van der Waals surface area contributed by atoms with Crippen LogP contribution in [0.1, 0.15) is 28.8 Å². The van der Waals surface area contributed by atoms with E-state index in [1.54, 1.807) is 26.0 Å². The van der Waals surface area contributed by atoms with Gasteiger partial charge in [-0.15, -0.1) is 0 Å². The highest BCUT2D eigenvalue weighted by atomic mass is 32.2. The quantitative estimate of drug-likeness (QED) is 0.599. The van der Waals surface area contributed by atoms with Gasteiger partial charge in [0.25, 0.3) is 0 Å². The lowest BCUT2D eigenvalue weighted by Gasteiger charge is -2.19. The Morgan fingerprint density at radius 3 is 2.00 bits per heavy atom. The van der Waals surface area contributed by atoms with Crippen LogP contribution in [-0.4, -0.2) is 19.4 Å². The Morgan fingerprint density at radius 2 is 1.41 bits per heavy atom. The Kier molecular flexibility index (Phi) is 6.06. The fourth-order valence-electron chi connectivity index (χ4n) is 3.47. The molecule has 0 saturated heterocycles.